The van der Waals surface area contributed by atoms with Crippen molar-refractivity contribution in [3.8, 4) is 23.1 Å². The number of carbonyl (C=O) groups excluding carboxylic acids is 2. The summed E-state index contributed by atoms with van der Waals surface area (Å²) >= 11 is 0. The molecule has 7 rings (SSSR count). The Bertz CT molecular complexity index is 2060. The van der Waals surface area contributed by atoms with Gasteiger partial charge in [-0.1, -0.05) is 6.07 Å². The molecule has 0 aliphatic carbocycles. The summed E-state index contributed by atoms with van der Waals surface area (Å²) in [5, 5.41) is 0.858. The lowest BCUT2D eigenvalue weighted by Gasteiger charge is -2.34. The Morgan fingerprint density at radius 3 is 2.42 bits per heavy atom. The summed E-state index contributed by atoms with van der Waals surface area (Å²) in [7, 11) is 3.45. The molecule has 0 unspecified atom stereocenters. The molecule has 50 heavy (non-hydrogen) atoms. The highest BCUT2D eigenvalue weighted by Crippen LogP contribution is 2.33. The van der Waals surface area contributed by atoms with E-state index in [0.717, 1.165) is 65.8 Å². The van der Waals surface area contributed by atoms with Crippen LogP contribution in [0.15, 0.2) is 85.1 Å². The van der Waals surface area contributed by atoms with Crippen LogP contribution < -0.4 is 19.1 Å². The summed E-state index contributed by atoms with van der Waals surface area (Å²) in [6.45, 7) is 3.83. The number of ether oxygens (including phenoxy) is 3. The molecule has 0 saturated carbocycles. The number of benzene rings is 3. The molecule has 0 bridgehead atoms. The molecule has 2 aliphatic rings. The molecule has 1 saturated heterocycles. The van der Waals surface area contributed by atoms with Crippen LogP contribution in [0.3, 0.4) is 0 Å². The molecule has 5 aromatic rings. The lowest BCUT2D eigenvalue weighted by Crippen LogP contribution is -2.48. The molecule has 0 atom stereocenters. The summed E-state index contributed by atoms with van der Waals surface area (Å²) in [4.78, 5) is 36.1. The van der Waals surface area contributed by atoms with E-state index in [2.05, 4.69) is 16.0 Å². The van der Waals surface area contributed by atoms with E-state index in [1.165, 1.54) is 23.2 Å². The first-order valence-corrected chi connectivity index (χ1v) is 15.8. The monoisotopic (exact) mass is 745 g/mol. The van der Waals surface area contributed by atoms with Crippen molar-refractivity contribution >= 4 is 51.5 Å². The van der Waals surface area contributed by atoms with Crippen LogP contribution in [0.5, 0.6) is 23.1 Å². The fraction of sp³-hybridized carbons (Fsp3) is 0.216. The van der Waals surface area contributed by atoms with Gasteiger partial charge in [-0.2, -0.15) is 0 Å². The van der Waals surface area contributed by atoms with Crippen molar-refractivity contribution in [3.05, 3.63) is 114 Å². The largest absolute Gasteiger partial charge is 0.454 e. The summed E-state index contributed by atoms with van der Waals surface area (Å²) < 4.78 is 45.7. The summed E-state index contributed by atoms with van der Waals surface area (Å²) in [6, 6.07) is 19.8. The molecule has 2 aliphatic heterocycles. The predicted molar refractivity (Wildman–Crippen MR) is 190 cm³/mol. The highest BCUT2D eigenvalue weighted by atomic mass is 79.9. The smallest absolute Gasteiger partial charge is 0.270 e. The van der Waals surface area contributed by atoms with Gasteiger partial charge in [0.2, 0.25) is 12.7 Å². The van der Waals surface area contributed by atoms with Crippen molar-refractivity contribution in [2.24, 2.45) is 7.05 Å². The number of halogens is 3. The number of aryl methyl sites for hydroxylation is 1. The fourth-order valence-electron chi connectivity index (χ4n) is 5.99. The van der Waals surface area contributed by atoms with Gasteiger partial charge in [0.15, 0.2) is 11.5 Å². The number of amides is 2. The molecular formula is C37H34BrF2N5O5. The van der Waals surface area contributed by atoms with Crippen LogP contribution in [-0.4, -0.2) is 71.2 Å². The minimum absolute atomic E-state index is 0. The van der Waals surface area contributed by atoms with Crippen molar-refractivity contribution in [3.63, 3.8) is 0 Å². The third kappa shape index (κ3) is 7.48. The van der Waals surface area contributed by atoms with E-state index in [0.29, 0.717) is 36.1 Å². The van der Waals surface area contributed by atoms with Gasteiger partial charge >= 0.3 is 0 Å². The van der Waals surface area contributed by atoms with Crippen LogP contribution in [0.25, 0.3) is 17.0 Å². The Balaban J connectivity index is 0.00000432. The maximum absolute atomic E-state index is 13.6. The topological polar surface area (TPSA) is 89.4 Å². The van der Waals surface area contributed by atoms with Crippen LogP contribution in [0, 0.1) is 11.6 Å². The van der Waals surface area contributed by atoms with E-state index in [9.17, 15) is 18.4 Å². The van der Waals surface area contributed by atoms with Gasteiger partial charge in [0.05, 0.1) is 11.9 Å². The Morgan fingerprint density at radius 1 is 0.920 bits per heavy atom. The number of piperazine rings is 1. The lowest BCUT2D eigenvalue weighted by atomic mass is 10.1. The van der Waals surface area contributed by atoms with Crippen molar-refractivity contribution in [1.82, 2.24) is 19.4 Å². The van der Waals surface area contributed by atoms with Crippen LogP contribution >= 0.6 is 17.0 Å². The number of anilines is 1. The number of hydrogen-bond donors (Lipinski definition) is 0. The Labute approximate surface area is 297 Å². The summed E-state index contributed by atoms with van der Waals surface area (Å²) in [5.74, 6) is 0.552. The second-order valence-corrected chi connectivity index (χ2v) is 12.0. The van der Waals surface area contributed by atoms with Gasteiger partial charge in [-0.05, 0) is 71.8 Å². The zero-order valence-corrected chi connectivity index (χ0v) is 29.1. The van der Waals surface area contributed by atoms with Crippen LogP contribution in [-0.2, 0) is 18.4 Å². The molecule has 10 nitrogen and oxygen atoms in total. The summed E-state index contributed by atoms with van der Waals surface area (Å²) in [6.07, 6.45) is 4.07. The average Bonchev–Trinajstić information content (AvgIpc) is 3.70. The van der Waals surface area contributed by atoms with Gasteiger partial charge in [0.1, 0.15) is 23.1 Å². The normalized spacial score (nSPS) is 14.2. The average molecular weight is 747 g/mol. The van der Waals surface area contributed by atoms with E-state index in [4.69, 9.17) is 14.2 Å². The first-order chi connectivity index (χ1) is 23.7. The predicted octanol–water partition coefficient (Wildman–Crippen LogP) is 6.58. The Hall–Kier alpha value is -5.27. The number of rotatable bonds is 8. The highest BCUT2D eigenvalue weighted by molar-refractivity contribution is 8.93. The van der Waals surface area contributed by atoms with Gasteiger partial charge in [0, 0.05) is 75.9 Å². The Kier molecular flexibility index (Phi) is 10.2. The molecule has 4 heterocycles. The maximum atomic E-state index is 13.6. The third-order valence-corrected chi connectivity index (χ3v) is 8.70. The van der Waals surface area contributed by atoms with Gasteiger partial charge in [-0.15, -0.1) is 17.0 Å². The van der Waals surface area contributed by atoms with Crippen molar-refractivity contribution in [2.75, 3.05) is 44.9 Å². The molecule has 0 spiro atoms. The molecular weight excluding hydrogens is 712 g/mol. The number of likely N-dealkylation sites (N-methyl/N-ethyl adjacent to an activating group) is 1. The van der Waals surface area contributed by atoms with Crippen molar-refractivity contribution in [1.29, 1.82) is 0 Å². The second kappa shape index (κ2) is 14.7. The Morgan fingerprint density at radius 2 is 1.68 bits per heavy atom. The maximum Gasteiger partial charge on any atom is 0.270 e. The number of nitrogens with zero attached hydrogens (tertiary/aromatic N) is 5. The fourth-order valence-corrected chi connectivity index (χ4v) is 5.99. The molecule has 1 fully saturated rings. The molecule has 2 amide bonds. The van der Waals surface area contributed by atoms with Crippen molar-refractivity contribution in [2.45, 2.75) is 6.54 Å². The van der Waals surface area contributed by atoms with Crippen LogP contribution in [0.4, 0.5) is 14.5 Å². The third-order valence-electron chi connectivity index (χ3n) is 8.70. The SMILES string of the molecule is Br.CN(C(=O)C=Cc1cc(F)cc(F)c1)c1ccc(Oc2ccc3c(c2)cc(C(=O)N2CCN(Cc4ccc5c(c4)OCO5)CC2)n3C)nc1. The zero-order valence-electron chi connectivity index (χ0n) is 27.3. The molecule has 3 aromatic carbocycles. The van der Waals surface area contributed by atoms with E-state index in [-0.39, 0.29) is 35.2 Å². The molecule has 2 aromatic heterocycles. The first kappa shape index (κ1) is 34.6. The summed E-state index contributed by atoms with van der Waals surface area (Å²) in [5.41, 5.74) is 3.39. The van der Waals surface area contributed by atoms with Gasteiger partial charge < -0.3 is 28.6 Å². The van der Waals surface area contributed by atoms with Crippen LogP contribution in [0.2, 0.25) is 0 Å². The first-order valence-electron chi connectivity index (χ1n) is 15.8. The number of fused-ring (bicyclic) bond motifs is 2. The van der Waals surface area contributed by atoms with E-state index in [1.807, 2.05) is 52.9 Å². The number of pyridine rings is 1. The zero-order chi connectivity index (χ0) is 34.1. The molecule has 13 heteroatoms. The highest BCUT2D eigenvalue weighted by Gasteiger charge is 2.25. The van der Waals surface area contributed by atoms with Crippen LogP contribution in [0.1, 0.15) is 21.6 Å². The van der Waals surface area contributed by atoms with E-state index in [1.54, 1.807) is 19.2 Å². The minimum atomic E-state index is -0.722. The number of hydrogen-bond acceptors (Lipinski definition) is 7. The van der Waals surface area contributed by atoms with Gasteiger partial charge in [-0.3, -0.25) is 14.5 Å². The van der Waals surface area contributed by atoms with Crippen molar-refractivity contribution < 1.29 is 32.6 Å². The molecule has 0 N–H and O–H groups in total. The number of carbonyl (C=O) groups is 2. The quantitative estimate of drug-likeness (QED) is 0.166. The van der Waals surface area contributed by atoms with Gasteiger partial charge in [0.25, 0.3) is 11.8 Å². The standard InChI is InChI=1S/C37H33F2N5O5.BrH/c1-41(36(45)10-4-24-15-27(38)20-28(39)16-24)29-5-9-35(40-21-29)49-30-6-7-31-26(18-30)19-32(42(31)2)37(46)44-13-11-43(12-14-44)22-25-3-8-33-34(17-25)48-23-47-33;/h3-10,15-21H,11-14,22-23H2,1-2H3;1H. The van der Waals surface area contributed by atoms with Gasteiger partial charge in [-0.25, -0.2) is 13.8 Å². The lowest BCUT2D eigenvalue weighted by molar-refractivity contribution is -0.113. The molecule has 258 valence electrons. The second-order valence-electron chi connectivity index (χ2n) is 12.0. The van der Waals surface area contributed by atoms with E-state index < -0.39 is 17.5 Å². The molecule has 0 radical (unpaired) electrons. The number of aromatic nitrogens is 2. The van der Waals surface area contributed by atoms with E-state index >= 15 is 0 Å². The minimum Gasteiger partial charge on any atom is -0.454 e.